The number of rotatable bonds is 3. The summed E-state index contributed by atoms with van der Waals surface area (Å²) in [5.74, 6) is 0.150. The molecule has 1 aliphatic rings. The zero-order chi connectivity index (χ0) is 16.5. The van der Waals surface area contributed by atoms with E-state index in [2.05, 4.69) is 11.1 Å². The molecule has 2 N–H and O–H groups in total. The summed E-state index contributed by atoms with van der Waals surface area (Å²) in [6.45, 7) is 9.38. The zero-order valence-electron chi connectivity index (χ0n) is 13.5. The van der Waals surface area contributed by atoms with Crippen molar-refractivity contribution in [3.63, 3.8) is 0 Å². The number of aryl methyl sites for hydroxylation is 1. The van der Waals surface area contributed by atoms with E-state index in [0.717, 1.165) is 0 Å². The lowest BCUT2D eigenvalue weighted by Gasteiger charge is -2.38. The van der Waals surface area contributed by atoms with Crippen molar-refractivity contribution in [1.82, 2.24) is 4.98 Å². The molecule has 0 radical (unpaired) electrons. The maximum Gasteiger partial charge on any atom is 0.340 e. The fourth-order valence-electron chi connectivity index (χ4n) is 2.17. The van der Waals surface area contributed by atoms with E-state index in [1.807, 2.05) is 25.7 Å². The Morgan fingerprint density at radius 2 is 2.18 bits per heavy atom. The maximum atomic E-state index is 12.2. The van der Waals surface area contributed by atoms with Crippen LogP contribution in [0.2, 0.25) is 0 Å². The van der Waals surface area contributed by atoms with Crippen molar-refractivity contribution in [2.45, 2.75) is 33.7 Å². The highest BCUT2D eigenvalue weighted by atomic mass is 16.5. The van der Waals surface area contributed by atoms with Crippen LogP contribution in [0.5, 0.6) is 0 Å². The van der Waals surface area contributed by atoms with Crippen molar-refractivity contribution in [2.75, 3.05) is 24.6 Å². The van der Waals surface area contributed by atoms with Gasteiger partial charge in [0.15, 0.2) is 0 Å². The van der Waals surface area contributed by atoms with Crippen molar-refractivity contribution < 1.29 is 9.53 Å². The first kappa shape index (κ1) is 16.2. The molecule has 1 saturated heterocycles. The molecule has 0 unspecified atom stereocenters. The predicted molar refractivity (Wildman–Crippen MR) is 83.6 cm³/mol. The molecule has 0 atom stereocenters. The Morgan fingerprint density at radius 1 is 1.55 bits per heavy atom. The number of anilines is 1. The van der Waals surface area contributed by atoms with Crippen molar-refractivity contribution in [1.29, 1.82) is 5.26 Å². The Morgan fingerprint density at radius 3 is 2.68 bits per heavy atom. The molecule has 0 bridgehead atoms. The Labute approximate surface area is 130 Å². The minimum atomic E-state index is -0.441. The lowest BCUT2D eigenvalue weighted by Crippen LogP contribution is -2.56. The van der Waals surface area contributed by atoms with Gasteiger partial charge >= 0.3 is 5.97 Å². The quantitative estimate of drug-likeness (QED) is 0.853. The minimum absolute atomic E-state index is 0.108. The summed E-state index contributed by atoms with van der Waals surface area (Å²) in [5.41, 5.74) is 6.94. The normalized spacial score (nSPS) is 15.2. The third-order valence-electron chi connectivity index (χ3n) is 3.38. The Hall–Kier alpha value is -2.13. The fraction of sp³-hybridized carbons (Fsp3) is 0.562. The van der Waals surface area contributed by atoms with Crippen LogP contribution in [0.4, 0.5) is 5.82 Å². The molecule has 118 valence electrons. The number of hydrogen-bond donors (Lipinski definition) is 1. The van der Waals surface area contributed by atoms with Crippen molar-refractivity contribution >= 4 is 11.8 Å². The lowest BCUT2D eigenvalue weighted by molar-refractivity contribution is 0.0365. The number of nitrogens with two attached hydrogens (primary N) is 1. The molecular weight excluding hydrogens is 280 g/mol. The first-order valence-corrected chi connectivity index (χ1v) is 7.30. The monoisotopic (exact) mass is 302 g/mol. The fourth-order valence-corrected chi connectivity index (χ4v) is 2.17. The Bertz CT molecular complexity index is 622. The van der Waals surface area contributed by atoms with Gasteiger partial charge in [0.1, 0.15) is 11.9 Å². The van der Waals surface area contributed by atoms with E-state index in [1.165, 1.54) is 0 Å². The van der Waals surface area contributed by atoms with Crippen molar-refractivity contribution in [3.8, 4) is 6.07 Å². The molecule has 6 heteroatoms. The van der Waals surface area contributed by atoms with Crippen LogP contribution in [0.25, 0.3) is 0 Å². The van der Waals surface area contributed by atoms with Gasteiger partial charge in [-0.25, -0.2) is 9.78 Å². The molecule has 22 heavy (non-hydrogen) atoms. The predicted octanol–water partition coefficient (Wildman–Crippen LogP) is 1.61. The van der Waals surface area contributed by atoms with E-state index in [1.54, 1.807) is 13.0 Å². The van der Waals surface area contributed by atoms with E-state index in [-0.39, 0.29) is 11.5 Å². The lowest BCUT2D eigenvalue weighted by atomic mass is 9.98. The van der Waals surface area contributed by atoms with Gasteiger partial charge in [0.25, 0.3) is 0 Å². The number of hydrogen-bond acceptors (Lipinski definition) is 6. The summed E-state index contributed by atoms with van der Waals surface area (Å²) < 4.78 is 5.31. The number of pyridine rings is 1. The number of nitriles is 1. The minimum Gasteiger partial charge on any atom is -0.461 e. The van der Waals surface area contributed by atoms with Crippen molar-refractivity contribution in [3.05, 3.63) is 22.9 Å². The molecule has 1 aromatic heterocycles. The topological polar surface area (TPSA) is 92.2 Å². The highest BCUT2D eigenvalue weighted by Gasteiger charge is 2.28. The third-order valence-corrected chi connectivity index (χ3v) is 3.38. The van der Waals surface area contributed by atoms with Crippen LogP contribution in [0.15, 0.2) is 6.07 Å². The Balaban J connectivity index is 2.23. The van der Waals surface area contributed by atoms with E-state index in [0.29, 0.717) is 42.3 Å². The highest BCUT2D eigenvalue weighted by molar-refractivity contribution is 5.91. The van der Waals surface area contributed by atoms with Crippen LogP contribution in [0.3, 0.4) is 0 Å². The average Bonchev–Trinajstić information content (AvgIpc) is 2.40. The van der Waals surface area contributed by atoms with Crippen LogP contribution >= 0.6 is 0 Å². The summed E-state index contributed by atoms with van der Waals surface area (Å²) in [5, 5.41) is 9.31. The second kappa shape index (κ2) is 5.93. The molecule has 1 aromatic rings. The summed E-state index contributed by atoms with van der Waals surface area (Å²) in [7, 11) is 0. The van der Waals surface area contributed by atoms with E-state index >= 15 is 0 Å². The van der Waals surface area contributed by atoms with Gasteiger partial charge in [0.2, 0.25) is 0 Å². The number of esters is 1. The van der Waals surface area contributed by atoms with Gasteiger partial charge < -0.3 is 15.4 Å². The molecular formula is C16H22N4O2. The maximum absolute atomic E-state index is 12.2. The third kappa shape index (κ3) is 3.55. The van der Waals surface area contributed by atoms with Gasteiger partial charge in [0, 0.05) is 19.1 Å². The van der Waals surface area contributed by atoms with Gasteiger partial charge in [0.05, 0.1) is 23.4 Å². The second-order valence-electron chi connectivity index (χ2n) is 6.91. The molecule has 0 aliphatic carbocycles. The number of nitrogens with zero attached hydrogens (tertiary/aromatic N) is 3. The molecule has 0 saturated carbocycles. The summed E-state index contributed by atoms with van der Waals surface area (Å²) in [6.07, 6.45) is 0. The van der Waals surface area contributed by atoms with Gasteiger partial charge in [-0.2, -0.15) is 5.26 Å². The number of ether oxygens (including phenoxy) is 1. The molecule has 0 aromatic carbocycles. The van der Waals surface area contributed by atoms with Crippen LogP contribution in [-0.4, -0.2) is 36.7 Å². The first-order chi connectivity index (χ1) is 10.2. The SMILES string of the molecule is Cc1nc(N2CC(N)C2)c(C#N)cc1C(=O)OCC(C)(C)C. The summed E-state index contributed by atoms with van der Waals surface area (Å²) in [6, 6.07) is 3.78. The number of carbonyl (C=O) groups excluding carboxylic acids is 1. The summed E-state index contributed by atoms with van der Waals surface area (Å²) >= 11 is 0. The van der Waals surface area contributed by atoms with Crippen LogP contribution in [0, 0.1) is 23.7 Å². The molecule has 2 heterocycles. The van der Waals surface area contributed by atoms with E-state index in [9.17, 15) is 10.1 Å². The first-order valence-electron chi connectivity index (χ1n) is 7.30. The number of carbonyl (C=O) groups is 1. The van der Waals surface area contributed by atoms with E-state index in [4.69, 9.17) is 10.5 Å². The van der Waals surface area contributed by atoms with Gasteiger partial charge in [-0.1, -0.05) is 20.8 Å². The second-order valence-corrected chi connectivity index (χ2v) is 6.91. The van der Waals surface area contributed by atoms with Gasteiger partial charge in [-0.15, -0.1) is 0 Å². The zero-order valence-corrected chi connectivity index (χ0v) is 13.5. The molecule has 0 amide bonds. The molecule has 6 nitrogen and oxygen atoms in total. The standard InChI is InChI=1S/C16H22N4O2/c1-10-13(15(21)22-9-16(2,3)4)5-11(6-17)14(19-10)20-7-12(18)8-20/h5,12H,7-9,18H2,1-4H3. The van der Waals surface area contributed by atoms with Crippen molar-refractivity contribution in [2.24, 2.45) is 11.1 Å². The van der Waals surface area contributed by atoms with Crippen LogP contribution in [-0.2, 0) is 4.74 Å². The molecule has 1 fully saturated rings. The molecule has 0 spiro atoms. The van der Waals surface area contributed by atoms with Gasteiger partial charge in [-0.3, -0.25) is 0 Å². The summed E-state index contributed by atoms with van der Waals surface area (Å²) in [4.78, 5) is 18.5. The molecule has 2 rings (SSSR count). The van der Waals surface area contributed by atoms with Gasteiger partial charge in [-0.05, 0) is 18.4 Å². The van der Waals surface area contributed by atoms with E-state index < -0.39 is 5.97 Å². The number of aromatic nitrogens is 1. The van der Waals surface area contributed by atoms with Crippen LogP contribution in [0.1, 0.15) is 42.4 Å². The highest BCUT2D eigenvalue weighted by Crippen LogP contribution is 2.25. The van der Waals surface area contributed by atoms with Crippen LogP contribution < -0.4 is 10.6 Å². The molecule has 1 aliphatic heterocycles. The largest absolute Gasteiger partial charge is 0.461 e. The average molecular weight is 302 g/mol. The smallest absolute Gasteiger partial charge is 0.340 e. The Kier molecular flexibility index (Phi) is 4.38.